The Labute approximate surface area is 64.9 Å². The smallest absolute Gasteiger partial charge is 0.0186 e. The SMILES string of the molecule is C=CCC1CCCSS1. The van der Waals surface area contributed by atoms with Gasteiger partial charge in [-0.05, 0) is 19.3 Å². The third-order valence-corrected chi connectivity index (χ3v) is 4.40. The van der Waals surface area contributed by atoms with Gasteiger partial charge in [0.2, 0.25) is 0 Å². The second kappa shape index (κ2) is 4.29. The van der Waals surface area contributed by atoms with E-state index < -0.39 is 0 Å². The van der Waals surface area contributed by atoms with Gasteiger partial charge in [0.1, 0.15) is 0 Å². The van der Waals surface area contributed by atoms with Gasteiger partial charge in [-0.15, -0.1) is 6.58 Å². The molecule has 1 rings (SSSR count). The zero-order valence-electron chi connectivity index (χ0n) is 5.51. The van der Waals surface area contributed by atoms with E-state index in [1.807, 2.05) is 27.7 Å². The lowest BCUT2D eigenvalue weighted by atomic mass is 10.2. The molecule has 0 spiro atoms. The van der Waals surface area contributed by atoms with Crippen molar-refractivity contribution in [1.29, 1.82) is 0 Å². The zero-order chi connectivity index (χ0) is 6.53. The van der Waals surface area contributed by atoms with Crippen molar-refractivity contribution in [3.05, 3.63) is 12.7 Å². The second-order valence-corrected chi connectivity index (χ2v) is 4.99. The van der Waals surface area contributed by atoms with Gasteiger partial charge >= 0.3 is 0 Å². The predicted octanol–water partition coefficient (Wildman–Crippen LogP) is 3.11. The molecule has 0 bridgehead atoms. The molecular weight excluding hydrogens is 148 g/mol. The Morgan fingerprint density at radius 3 is 3.11 bits per heavy atom. The van der Waals surface area contributed by atoms with Crippen molar-refractivity contribution < 1.29 is 0 Å². The summed E-state index contributed by atoms with van der Waals surface area (Å²) in [6.45, 7) is 3.73. The van der Waals surface area contributed by atoms with Crippen LogP contribution in [0.5, 0.6) is 0 Å². The number of hydrogen-bond donors (Lipinski definition) is 0. The summed E-state index contributed by atoms with van der Waals surface area (Å²) in [4.78, 5) is 0. The van der Waals surface area contributed by atoms with Crippen LogP contribution in [0.15, 0.2) is 12.7 Å². The summed E-state index contributed by atoms with van der Waals surface area (Å²) in [5.41, 5.74) is 0. The van der Waals surface area contributed by atoms with Crippen LogP contribution in [-0.4, -0.2) is 11.0 Å². The van der Waals surface area contributed by atoms with Gasteiger partial charge in [0.25, 0.3) is 0 Å². The van der Waals surface area contributed by atoms with Crippen LogP contribution in [-0.2, 0) is 0 Å². The van der Waals surface area contributed by atoms with Crippen LogP contribution in [0, 0.1) is 0 Å². The van der Waals surface area contributed by atoms with E-state index in [0.29, 0.717) is 0 Å². The fraction of sp³-hybridized carbons (Fsp3) is 0.714. The molecule has 0 aromatic heterocycles. The molecule has 0 N–H and O–H groups in total. The molecule has 0 radical (unpaired) electrons. The van der Waals surface area contributed by atoms with Gasteiger partial charge in [-0.1, -0.05) is 27.7 Å². The molecule has 0 saturated carbocycles. The molecular formula is C7H12S2. The number of hydrogen-bond acceptors (Lipinski definition) is 2. The molecule has 0 nitrogen and oxygen atoms in total. The van der Waals surface area contributed by atoms with Crippen molar-refractivity contribution in [2.24, 2.45) is 0 Å². The second-order valence-electron chi connectivity index (χ2n) is 2.21. The molecule has 1 unspecified atom stereocenters. The summed E-state index contributed by atoms with van der Waals surface area (Å²) in [6, 6.07) is 0. The third-order valence-electron chi connectivity index (χ3n) is 1.39. The molecule has 1 saturated heterocycles. The summed E-state index contributed by atoms with van der Waals surface area (Å²) < 4.78 is 0. The van der Waals surface area contributed by atoms with Gasteiger partial charge in [0.05, 0.1) is 0 Å². The van der Waals surface area contributed by atoms with Crippen molar-refractivity contribution in [3.8, 4) is 0 Å². The molecule has 1 aliphatic rings. The molecule has 1 aliphatic heterocycles. The topological polar surface area (TPSA) is 0 Å². The van der Waals surface area contributed by atoms with Crippen LogP contribution >= 0.6 is 21.6 Å². The maximum atomic E-state index is 3.73. The molecule has 0 aliphatic carbocycles. The van der Waals surface area contributed by atoms with Gasteiger partial charge in [-0.25, -0.2) is 0 Å². The molecule has 9 heavy (non-hydrogen) atoms. The molecule has 52 valence electrons. The molecule has 1 atom stereocenters. The fourth-order valence-corrected chi connectivity index (χ4v) is 3.70. The van der Waals surface area contributed by atoms with Crippen LogP contribution in [0.4, 0.5) is 0 Å². The van der Waals surface area contributed by atoms with Crippen molar-refractivity contribution in [2.45, 2.75) is 24.5 Å². The molecule has 1 heterocycles. The largest absolute Gasteiger partial charge is 0.103 e. The maximum Gasteiger partial charge on any atom is 0.0186 e. The molecule has 1 fully saturated rings. The Hall–Kier alpha value is 0.440. The van der Waals surface area contributed by atoms with Crippen molar-refractivity contribution in [2.75, 3.05) is 5.75 Å². The first-order chi connectivity index (χ1) is 4.43. The standard InChI is InChI=1S/C7H12S2/c1-2-4-7-5-3-6-8-9-7/h2,7H,1,3-6H2. The normalized spacial score (nSPS) is 27.8. The van der Waals surface area contributed by atoms with Crippen molar-refractivity contribution in [1.82, 2.24) is 0 Å². The summed E-state index contributed by atoms with van der Waals surface area (Å²) in [6.07, 6.45) is 6.01. The Kier molecular flexibility index (Phi) is 3.59. The van der Waals surface area contributed by atoms with E-state index in [4.69, 9.17) is 0 Å². The average Bonchev–Trinajstić information content (AvgIpc) is 1.91. The zero-order valence-corrected chi connectivity index (χ0v) is 7.14. The van der Waals surface area contributed by atoms with Gasteiger partial charge in [0.15, 0.2) is 0 Å². The highest BCUT2D eigenvalue weighted by atomic mass is 33.1. The van der Waals surface area contributed by atoms with Crippen LogP contribution in [0.2, 0.25) is 0 Å². The van der Waals surface area contributed by atoms with Crippen LogP contribution in [0.3, 0.4) is 0 Å². The summed E-state index contributed by atoms with van der Waals surface area (Å²) >= 11 is 0. The summed E-state index contributed by atoms with van der Waals surface area (Å²) in [5, 5.41) is 0.862. The van der Waals surface area contributed by atoms with E-state index in [2.05, 4.69) is 6.58 Å². The minimum atomic E-state index is 0.862. The van der Waals surface area contributed by atoms with Gasteiger partial charge < -0.3 is 0 Å². The van der Waals surface area contributed by atoms with E-state index in [0.717, 1.165) is 5.25 Å². The van der Waals surface area contributed by atoms with E-state index in [9.17, 15) is 0 Å². The Balaban J connectivity index is 2.15. The quantitative estimate of drug-likeness (QED) is 0.450. The Morgan fingerprint density at radius 2 is 2.56 bits per heavy atom. The highest BCUT2D eigenvalue weighted by Crippen LogP contribution is 2.37. The minimum absolute atomic E-state index is 0.862. The highest BCUT2D eigenvalue weighted by Gasteiger charge is 2.11. The number of rotatable bonds is 2. The summed E-state index contributed by atoms with van der Waals surface area (Å²) in [5.74, 6) is 1.35. The van der Waals surface area contributed by atoms with Crippen molar-refractivity contribution >= 4 is 21.6 Å². The van der Waals surface area contributed by atoms with E-state index in [1.165, 1.54) is 25.0 Å². The van der Waals surface area contributed by atoms with E-state index in [1.54, 1.807) is 0 Å². The van der Waals surface area contributed by atoms with Crippen LogP contribution < -0.4 is 0 Å². The summed E-state index contributed by atoms with van der Waals surface area (Å²) in [7, 11) is 4.05. The van der Waals surface area contributed by atoms with Crippen LogP contribution in [0.25, 0.3) is 0 Å². The number of allylic oxidation sites excluding steroid dienone is 1. The average molecular weight is 160 g/mol. The highest BCUT2D eigenvalue weighted by molar-refractivity contribution is 8.77. The van der Waals surface area contributed by atoms with E-state index in [-0.39, 0.29) is 0 Å². The minimum Gasteiger partial charge on any atom is -0.103 e. The van der Waals surface area contributed by atoms with Crippen LogP contribution in [0.1, 0.15) is 19.3 Å². The van der Waals surface area contributed by atoms with Gasteiger partial charge in [-0.3, -0.25) is 0 Å². The Bertz CT molecular complexity index is 84.9. The molecule has 0 aromatic carbocycles. The van der Waals surface area contributed by atoms with Gasteiger partial charge in [-0.2, -0.15) is 0 Å². The monoisotopic (exact) mass is 160 g/mol. The Morgan fingerprint density at radius 1 is 1.67 bits per heavy atom. The first kappa shape index (κ1) is 7.55. The predicted molar refractivity (Wildman–Crippen MR) is 47.9 cm³/mol. The fourth-order valence-electron chi connectivity index (χ4n) is 0.905. The van der Waals surface area contributed by atoms with Crippen molar-refractivity contribution in [3.63, 3.8) is 0 Å². The van der Waals surface area contributed by atoms with Gasteiger partial charge in [0, 0.05) is 11.0 Å². The third kappa shape index (κ3) is 2.67. The lowest BCUT2D eigenvalue weighted by Gasteiger charge is -2.18. The lowest BCUT2D eigenvalue weighted by molar-refractivity contribution is 0.751. The molecule has 0 aromatic rings. The maximum absolute atomic E-state index is 3.73. The molecule has 2 heteroatoms. The molecule has 0 amide bonds. The first-order valence-corrected chi connectivity index (χ1v) is 5.71. The lowest BCUT2D eigenvalue weighted by Crippen LogP contribution is -2.04. The first-order valence-electron chi connectivity index (χ1n) is 3.32. The van der Waals surface area contributed by atoms with E-state index >= 15 is 0 Å².